The molecule has 0 radical (unpaired) electrons. The van der Waals surface area contributed by atoms with E-state index in [1.807, 2.05) is 42.5 Å². The highest BCUT2D eigenvalue weighted by Gasteiger charge is 2.20. The fraction of sp³-hybridized carbons (Fsp3) is 0.316. The minimum absolute atomic E-state index is 0.483. The Kier molecular flexibility index (Phi) is 6.29. The van der Waals surface area contributed by atoms with E-state index in [-0.39, 0.29) is 0 Å². The van der Waals surface area contributed by atoms with Gasteiger partial charge in [0, 0.05) is 23.1 Å². The average molecular weight is 422 g/mol. The number of rotatable bonds is 5. The molecule has 0 aliphatic carbocycles. The number of halogens is 1. The first-order chi connectivity index (χ1) is 12.2. The van der Waals surface area contributed by atoms with E-state index >= 15 is 0 Å². The van der Waals surface area contributed by atoms with Crippen LogP contribution in [0.1, 0.15) is 11.1 Å². The van der Waals surface area contributed by atoms with Gasteiger partial charge in [-0.3, -0.25) is 0 Å². The van der Waals surface area contributed by atoms with Crippen molar-refractivity contribution in [2.45, 2.75) is 6.61 Å². The van der Waals surface area contributed by atoms with Crippen LogP contribution in [0.15, 0.2) is 46.9 Å². The molecule has 0 atom stereocenters. The first-order valence-electron chi connectivity index (χ1n) is 8.10. The molecule has 25 heavy (non-hydrogen) atoms. The molecule has 4 nitrogen and oxygen atoms in total. The molecule has 6 heteroatoms. The predicted molar refractivity (Wildman–Crippen MR) is 106 cm³/mol. The van der Waals surface area contributed by atoms with Crippen molar-refractivity contribution in [1.29, 1.82) is 0 Å². The van der Waals surface area contributed by atoms with Crippen LogP contribution in [0.3, 0.4) is 0 Å². The lowest BCUT2D eigenvalue weighted by atomic mass is 10.1. The largest absolute Gasteiger partial charge is 0.493 e. The molecule has 2 aromatic rings. The van der Waals surface area contributed by atoms with Gasteiger partial charge in [0.25, 0.3) is 0 Å². The third kappa shape index (κ3) is 4.51. The van der Waals surface area contributed by atoms with E-state index in [1.54, 1.807) is 7.11 Å². The summed E-state index contributed by atoms with van der Waals surface area (Å²) in [4.78, 5) is 2.95. The highest BCUT2D eigenvalue weighted by atomic mass is 79.9. The first-order valence-corrected chi connectivity index (χ1v) is 9.30. The van der Waals surface area contributed by atoms with Gasteiger partial charge in [-0.15, -0.1) is 0 Å². The van der Waals surface area contributed by atoms with Crippen molar-refractivity contribution >= 4 is 33.1 Å². The zero-order chi connectivity index (χ0) is 17.6. The smallest absolute Gasteiger partial charge is 0.162 e. The second-order valence-electron chi connectivity index (χ2n) is 5.66. The molecule has 1 heterocycles. The van der Waals surface area contributed by atoms with Crippen LogP contribution >= 0.6 is 28.1 Å². The van der Waals surface area contributed by atoms with Crippen molar-refractivity contribution in [1.82, 2.24) is 4.90 Å². The predicted octanol–water partition coefficient (Wildman–Crippen LogP) is 4.04. The van der Waals surface area contributed by atoms with E-state index in [4.69, 9.17) is 26.4 Å². The summed E-state index contributed by atoms with van der Waals surface area (Å²) in [5, 5.41) is 0. The van der Waals surface area contributed by atoms with Crippen LogP contribution in [0.4, 0.5) is 0 Å². The number of ether oxygens (including phenoxy) is 3. The highest BCUT2D eigenvalue weighted by Crippen LogP contribution is 2.35. The number of nitrogens with zero attached hydrogens (tertiary/aromatic N) is 1. The van der Waals surface area contributed by atoms with Crippen molar-refractivity contribution in [2.24, 2.45) is 0 Å². The Morgan fingerprint density at radius 1 is 1.16 bits per heavy atom. The molecule has 0 aromatic heterocycles. The van der Waals surface area contributed by atoms with Gasteiger partial charge >= 0.3 is 0 Å². The molecule has 0 amide bonds. The normalized spacial score (nSPS) is 14.2. The second-order valence-corrected chi connectivity index (χ2v) is 6.90. The van der Waals surface area contributed by atoms with Crippen LogP contribution in [-0.4, -0.2) is 43.3 Å². The quantitative estimate of drug-likeness (QED) is 0.679. The Morgan fingerprint density at radius 2 is 1.88 bits per heavy atom. The molecular formula is C19H20BrNO3S. The lowest BCUT2D eigenvalue weighted by molar-refractivity contribution is 0.0692. The van der Waals surface area contributed by atoms with Gasteiger partial charge in [0.1, 0.15) is 11.6 Å². The van der Waals surface area contributed by atoms with Crippen LogP contribution in [0.25, 0.3) is 0 Å². The highest BCUT2D eigenvalue weighted by molar-refractivity contribution is 9.10. The van der Waals surface area contributed by atoms with Crippen LogP contribution in [0.2, 0.25) is 0 Å². The van der Waals surface area contributed by atoms with E-state index in [0.29, 0.717) is 31.3 Å². The van der Waals surface area contributed by atoms with Crippen molar-refractivity contribution in [3.63, 3.8) is 0 Å². The minimum Gasteiger partial charge on any atom is -0.493 e. The summed E-state index contributed by atoms with van der Waals surface area (Å²) in [7, 11) is 1.64. The molecule has 0 bridgehead atoms. The standard InChI is InChI=1S/C19H20BrNO3S/c1-22-17-11-15(19(25)21-7-9-23-10-8-21)16(20)12-18(17)24-13-14-5-3-2-4-6-14/h2-6,11-12H,7-10,13H2,1H3. The minimum atomic E-state index is 0.483. The zero-order valence-corrected chi connectivity index (χ0v) is 16.4. The Bertz CT molecular complexity index is 733. The molecular weight excluding hydrogens is 402 g/mol. The van der Waals surface area contributed by atoms with Gasteiger partial charge in [-0.2, -0.15) is 0 Å². The lowest BCUT2D eigenvalue weighted by Crippen LogP contribution is -2.40. The van der Waals surface area contributed by atoms with Gasteiger partial charge in [0.15, 0.2) is 11.5 Å². The number of benzene rings is 2. The van der Waals surface area contributed by atoms with Crippen molar-refractivity contribution < 1.29 is 14.2 Å². The summed E-state index contributed by atoms with van der Waals surface area (Å²) in [6.45, 7) is 3.50. The summed E-state index contributed by atoms with van der Waals surface area (Å²) in [6, 6.07) is 13.9. The molecule has 1 aliphatic rings. The van der Waals surface area contributed by atoms with Gasteiger partial charge in [-0.1, -0.05) is 42.5 Å². The third-order valence-electron chi connectivity index (χ3n) is 4.02. The van der Waals surface area contributed by atoms with Crippen LogP contribution in [-0.2, 0) is 11.3 Å². The number of thiocarbonyl (C=S) groups is 1. The molecule has 1 fully saturated rings. The Morgan fingerprint density at radius 3 is 2.56 bits per heavy atom. The fourth-order valence-corrected chi connectivity index (χ4v) is 3.64. The number of morpholine rings is 1. The third-order valence-corrected chi connectivity index (χ3v) is 5.15. The van der Waals surface area contributed by atoms with E-state index < -0.39 is 0 Å². The van der Waals surface area contributed by atoms with Crippen molar-refractivity contribution in [3.05, 3.63) is 58.1 Å². The molecule has 1 saturated heterocycles. The maximum atomic E-state index is 5.94. The van der Waals surface area contributed by atoms with Crippen molar-refractivity contribution in [3.8, 4) is 11.5 Å². The molecule has 0 spiro atoms. The maximum Gasteiger partial charge on any atom is 0.162 e. The first kappa shape index (κ1) is 18.2. The Hall–Kier alpha value is -1.63. The molecule has 0 saturated carbocycles. The number of methoxy groups -OCH3 is 1. The lowest BCUT2D eigenvalue weighted by Gasteiger charge is -2.29. The number of hydrogen-bond acceptors (Lipinski definition) is 4. The Labute approximate surface area is 161 Å². The summed E-state index contributed by atoms with van der Waals surface area (Å²) in [5.41, 5.74) is 2.04. The summed E-state index contributed by atoms with van der Waals surface area (Å²) in [5.74, 6) is 1.36. The van der Waals surface area contributed by atoms with Gasteiger partial charge in [-0.05, 0) is 33.6 Å². The Balaban J connectivity index is 1.79. The summed E-state index contributed by atoms with van der Waals surface area (Å²) in [6.07, 6.45) is 0. The van der Waals surface area contributed by atoms with Crippen LogP contribution in [0, 0.1) is 0 Å². The summed E-state index contributed by atoms with van der Waals surface area (Å²) < 4.78 is 17.8. The molecule has 132 valence electrons. The van der Waals surface area contributed by atoms with Crippen LogP contribution in [0.5, 0.6) is 11.5 Å². The summed E-state index contributed by atoms with van der Waals surface area (Å²) >= 11 is 9.29. The zero-order valence-electron chi connectivity index (χ0n) is 14.0. The van der Waals surface area contributed by atoms with Gasteiger partial charge < -0.3 is 19.1 Å². The molecule has 3 rings (SSSR count). The van der Waals surface area contributed by atoms with E-state index in [9.17, 15) is 0 Å². The van der Waals surface area contributed by atoms with Gasteiger partial charge in [-0.25, -0.2) is 0 Å². The topological polar surface area (TPSA) is 30.9 Å². The fourth-order valence-electron chi connectivity index (χ4n) is 2.64. The molecule has 0 unspecified atom stereocenters. The second kappa shape index (κ2) is 8.65. The van der Waals surface area contributed by atoms with Crippen molar-refractivity contribution in [2.75, 3.05) is 33.4 Å². The maximum absolute atomic E-state index is 5.94. The SMILES string of the molecule is COc1cc(C(=S)N2CCOCC2)c(Br)cc1OCc1ccccc1. The van der Waals surface area contributed by atoms with Crippen LogP contribution < -0.4 is 9.47 Å². The monoisotopic (exact) mass is 421 g/mol. The van der Waals surface area contributed by atoms with E-state index in [2.05, 4.69) is 20.8 Å². The van der Waals surface area contributed by atoms with Gasteiger partial charge in [0.05, 0.1) is 20.3 Å². The van der Waals surface area contributed by atoms with E-state index in [0.717, 1.165) is 33.7 Å². The molecule has 2 aromatic carbocycles. The molecule has 1 aliphatic heterocycles. The van der Waals surface area contributed by atoms with Gasteiger partial charge in [0.2, 0.25) is 0 Å². The average Bonchev–Trinajstić information content (AvgIpc) is 2.67. The number of hydrogen-bond donors (Lipinski definition) is 0. The molecule has 0 N–H and O–H groups in total. The van der Waals surface area contributed by atoms with E-state index in [1.165, 1.54) is 0 Å².